The van der Waals surface area contributed by atoms with Crippen LogP contribution in [0, 0.1) is 0 Å². The van der Waals surface area contributed by atoms with Crippen LogP contribution in [0.5, 0.6) is 0 Å². The first kappa shape index (κ1) is 7.94. The van der Waals surface area contributed by atoms with E-state index in [-0.39, 0.29) is 11.3 Å². The van der Waals surface area contributed by atoms with Crippen molar-refractivity contribution in [1.82, 2.24) is 5.32 Å². The lowest BCUT2D eigenvalue weighted by Gasteiger charge is -2.33. The summed E-state index contributed by atoms with van der Waals surface area (Å²) in [4.78, 5) is 0. The van der Waals surface area contributed by atoms with Crippen LogP contribution >= 0.6 is 0 Å². The van der Waals surface area contributed by atoms with Crippen molar-refractivity contribution in [1.29, 1.82) is 0 Å². The Morgan fingerprint density at radius 1 is 1.30 bits per heavy atom. The number of rotatable bonds is 2. The van der Waals surface area contributed by atoms with Crippen molar-refractivity contribution in [3.8, 4) is 0 Å². The van der Waals surface area contributed by atoms with Crippen LogP contribution in [0.4, 0.5) is 0 Å². The highest BCUT2D eigenvalue weighted by Crippen LogP contribution is 2.01. The van der Waals surface area contributed by atoms with Crippen molar-refractivity contribution in [2.75, 3.05) is 39.3 Å². The van der Waals surface area contributed by atoms with E-state index >= 15 is 0 Å². The smallest absolute Gasteiger partial charge is 0.132 e. The van der Waals surface area contributed by atoms with E-state index in [9.17, 15) is 5.21 Å². The summed E-state index contributed by atoms with van der Waals surface area (Å²) < 4.78 is 0.0312. The molecule has 0 amide bonds. The van der Waals surface area contributed by atoms with Gasteiger partial charge in [-0.1, -0.05) is 0 Å². The Morgan fingerprint density at radius 3 is 2.40 bits per heavy atom. The molecule has 60 valence electrons. The van der Waals surface area contributed by atoms with Crippen molar-refractivity contribution in [3.05, 3.63) is 0 Å². The minimum Gasteiger partial charge on any atom is -0.390 e. The maximum Gasteiger partial charge on any atom is 0.132 e. The number of hydrogen-bond acceptors (Lipinski definition) is 3. The number of piperazine rings is 1. The lowest BCUT2D eigenvalue weighted by molar-refractivity contribution is -1.10. The molecule has 1 fully saturated rings. The van der Waals surface area contributed by atoms with Gasteiger partial charge in [0.15, 0.2) is 0 Å². The third kappa shape index (κ3) is 1.91. The number of hydrogen-bond donors (Lipinski definition) is 3. The van der Waals surface area contributed by atoms with E-state index < -0.39 is 0 Å². The molecule has 10 heavy (non-hydrogen) atoms. The highest BCUT2D eigenvalue weighted by molar-refractivity contribution is 4.52. The molecule has 1 heterocycles. The molecule has 0 saturated carbocycles. The topological polar surface area (TPSA) is 52.5 Å². The van der Waals surface area contributed by atoms with Gasteiger partial charge in [-0.15, -0.1) is 0 Å². The second kappa shape index (κ2) is 3.30. The third-order valence-electron chi connectivity index (χ3n) is 1.93. The van der Waals surface area contributed by atoms with Gasteiger partial charge in [0, 0.05) is 13.1 Å². The van der Waals surface area contributed by atoms with Gasteiger partial charge in [-0.25, -0.2) is 5.21 Å². The molecule has 0 bridgehead atoms. The van der Waals surface area contributed by atoms with Crippen molar-refractivity contribution in [3.63, 3.8) is 0 Å². The quantitative estimate of drug-likeness (QED) is 0.429. The fourth-order valence-electron chi connectivity index (χ4n) is 1.22. The fraction of sp³-hybridized carbons (Fsp3) is 1.00. The Morgan fingerprint density at radius 2 is 1.90 bits per heavy atom. The Kier molecular flexibility index (Phi) is 2.62. The van der Waals surface area contributed by atoms with Crippen LogP contribution in [0.25, 0.3) is 0 Å². The van der Waals surface area contributed by atoms with Crippen LogP contribution in [0.3, 0.4) is 0 Å². The van der Waals surface area contributed by atoms with Gasteiger partial charge in [-0.3, -0.25) is 0 Å². The molecule has 0 spiro atoms. The average molecular weight is 147 g/mol. The van der Waals surface area contributed by atoms with Gasteiger partial charge >= 0.3 is 0 Å². The van der Waals surface area contributed by atoms with Crippen molar-refractivity contribution >= 4 is 0 Å². The Balaban J connectivity index is 2.32. The zero-order valence-corrected chi connectivity index (χ0v) is 6.08. The predicted molar refractivity (Wildman–Crippen MR) is 36.6 cm³/mol. The normalized spacial score (nSPS) is 24.6. The van der Waals surface area contributed by atoms with E-state index in [0.717, 1.165) is 13.1 Å². The molecule has 0 aromatic rings. The van der Waals surface area contributed by atoms with Gasteiger partial charge < -0.3 is 10.4 Å². The molecule has 3 N–H and O–H groups in total. The largest absolute Gasteiger partial charge is 0.390 e. The van der Waals surface area contributed by atoms with Gasteiger partial charge in [-0.05, 0) is 0 Å². The summed E-state index contributed by atoms with van der Waals surface area (Å²) in [6.45, 7) is 3.63. The summed E-state index contributed by atoms with van der Waals surface area (Å²) in [5, 5.41) is 21.3. The highest BCUT2D eigenvalue weighted by Gasteiger charge is 2.26. The van der Waals surface area contributed by atoms with Crippen LogP contribution in [0.1, 0.15) is 0 Å². The maximum absolute atomic E-state index is 9.61. The van der Waals surface area contributed by atoms with E-state index in [1.807, 2.05) is 0 Å². The molecule has 0 aromatic carbocycles. The molecule has 1 saturated heterocycles. The highest BCUT2D eigenvalue weighted by atomic mass is 16.5. The summed E-state index contributed by atoms with van der Waals surface area (Å²) in [6.07, 6.45) is 0. The van der Waals surface area contributed by atoms with E-state index in [0.29, 0.717) is 19.6 Å². The Labute approximate surface area is 60.6 Å². The summed E-state index contributed by atoms with van der Waals surface area (Å²) in [5.41, 5.74) is 0. The maximum atomic E-state index is 9.61. The molecular formula is C6H15N2O2+. The molecule has 0 aliphatic carbocycles. The van der Waals surface area contributed by atoms with Crippen molar-refractivity contribution < 1.29 is 15.0 Å². The van der Waals surface area contributed by atoms with E-state index in [1.165, 1.54) is 0 Å². The minimum absolute atomic E-state index is 0.0312. The summed E-state index contributed by atoms with van der Waals surface area (Å²) >= 11 is 0. The second-order valence-corrected chi connectivity index (χ2v) is 2.74. The molecular weight excluding hydrogens is 132 g/mol. The standard InChI is InChI=1S/C6H15N2O2/c9-6-5-8(10)3-1-7-2-4-8/h7,9-10H,1-6H2/q+1. The number of quaternary nitrogens is 1. The molecule has 1 aliphatic rings. The number of aliphatic hydroxyl groups excluding tert-OH is 1. The zero-order chi connectivity index (χ0) is 7.45. The van der Waals surface area contributed by atoms with Crippen LogP contribution in [0.2, 0.25) is 0 Å². The van der Waals surface area contributed by atoms with E-state index in [2.05, 4.69) is 5.32 Å². The molecule has 0 aromatic heterocycles. The molecule has 4 nitrogen and oxygen atoms in total. The number of nitrogens with one attached hydrogen (secondary N) is 1. The number of aliphatic hydroxyl groups is 1. The molecule has 0 unspecified atom stereocenters. The van der Waals surface area contributed by atoms with Gasteiger partial charge in [0.05, 0.1) is 6.61 Å². The van der Waals surface area contributed by atoms with Gasteiger partial charge in [0.1, 0.15) is 19.6 Å². The second-order valence-electron chi connectivity index (χ2n) is 2.74. The van der Waals surface area contributed by atoms with Crippen molar-refractivity contribution in [2.24, 2.45) is 0 Å². The first-order valence-electron chi connectivity index (χ1n) is 3.67. The fourth-order valence-corrected chi connectivity index (χ4v) is 1.22. The monoisotopic (exact) mass is 147 g/mol. The molecule has 0 atom stereocenters. The van der Waals surface area contributed by atoms with Crippen LogP contribution in [-0.4, -0.2) is 54.3 Å². The Bertz CT molecular complexity index is 96.4. The van der Waals surface area contributed by atoms with Crippen LogP contribution in [0.15, 0.2) is 0 Å². The first-order chi connectivity index (χ1) is 4.77. The molecule has 1 rings (SSSR count). The summed E-state index contributed by atoms with van der Waals surface area (Å²) in [5.74, 6) is 0. The summed E-state index contributed by atoms with van der Waals surface area (Å²) in [6, 6.07) is 0. The van der Waals surface area contributed by atoms with Crippen molar-refractivity contribution in [2.45, 2.75) is 0 Å². The van der Waals surface area contributed by atoms with Crippen LogP contribution < -0.4 is 5.32 Å². The predicted octanol–water partition coefficient (Wildman–Crippen LogP) is -1.21. The lowest BCUT2D eigenvalue weighted by Crippen LogP contribution is -2.57. The average Bonchev–Trinajstić information content (AvgIpc) is 1.89. The number of hydroxylamine groups is 3. The molecule has 4 heteroatoms. The minimum atomic E-state index is 0.0312. The van der Waals surface area contributed by atoms with Gasteiger partial charge in [0.25, 0.3) is 0 Å². The molecule has 1 aliphatic heterocycles. The Hall–Kier alpha value is -0.160. The van der Waals surface area contributed by atoms with Crippen LogP contribution in [-0.2, 0) is 0 Å². The number of nitrogens with zero attached hydrogens (tertiary/aromatic N) is 1. The van der Waals surface area contributed by atoms with E-state index in [1.54, 1.807) is 0 Å². The van der Waals surface area contributed by atoms with E-state index in [4.69, 9.17) is 5.11 Å². The summed E-state index contributed by atoms with van der Waals surface area (Å²) in [7, 11) is 0. The van der Waals surface area contributed by atoms with Gasteiger partial charge in [-0.2, -0.15) is 4.65 Å². The molecule has 0 radical (unpaired) electrons. The van der Waals surface area contributed by atoms with Gasteiger partial charge in [0.2, 0.25) is 0 Å². The lowest BCUT2D eigenvalue weighted by atomic mass is 10.3. The SMILES string of the molecule is OCC[N+]1(O)CCNCC1. The first-order valence-corrected chi connectivity index (χ1v) is 3.67. The third-order valence-corrected chi connectivity index (χ3v) is 1.93. The zero-order valence-electron chi connectivity index (χ0n) is 6.08.